The average Bonchev–Trinajstić information content (AvgIpc) is 2.72. The summed E-state index contributed by atoms with van der Waals surface area (Å²) in [6, 6.07) is 8.08. The SMILES string of the molecule is O=C(OCc1ccc([N+](=O)[O-])cc1)C1CCN(c2ccc(C(F)(F)F)cn2)CC1. The Balaban J connectivity index is 1.48. The maximum atomic E-state index is 12.6. The van der Waals surface area contributed by atoms with Gasteiger partial charge in [-0.1, -0.05) is 0 Å². The molecule has 7 nitrogen and oxygen atoms in total. The molecule has 0 saturated carbocycles. The molecule has 0 atom stereocenters. The lowest BCUT2D eigenvalue weighted by atomic mass is 9.97. The van der Waals surface area contributed by atoms with E-state index in [1.54, 1.807) is 0 Å². The molecule has 0 N–H and O–H groups in total. The van der Waals surface area contributed by atoms with Crippen molar-refractivity contribution in [3.8, 4) is 0 Å². The maximum absolute atomic E-state index is 12.6. The van der Waals surface area contributed by atoms with Crippen molar-refractivity contribution in [1.82, 2.24) is 4.98 Å². The summed E-state index contributed by atoms with van der Waals surface area (Å²) in [5, 5.41) is 10.6. The van der Waals surface area contributed by atoms with Crippen LogP contribution >= 0.6 is 0 Å². The Morgan fingerprint density at radius 3 is 2.34 bits per heavy atom. The topological polar surface area (TPSA) is 85.6 Å². The zero-order valence-electron chi connectivity index (χ0n) is 15.3. The highest BCUT2D eigenvalue weighted by molar-refractivity contribution is 5.73. The van der Waals surface area contributed by atoms with Gasteiger partial charge in [0, 0.05) is 31.4 Å². The van der Waals surface area contributed by atoms with E-state index in [4.69, 9.17) is 4.74 Å². The van der Waals surface area contributed by atoms with Gasteiger partial charge in [-0.05, 0) is 42.7 Å². The number of nitro groups is 1. The number of ether oxygens (including phenoxy) is 1. The molecule has 0 amide bonds. The summed E-state index contributed by atoms with van der Waals surface area (Å²) in [5.41, 5.74) is -0.189. The summed E-state index contributed by atoms with van der Waals surface area (Å²) in [6.45, 7) is 0.989. The number of pyridine rings is 1. The van der Waals surface area contributed by atoms with Crippen LogP contribution in [0.4, 0.5) is 24.7 Å². The molecule has 154 valence electrons. The fourth-order valence-electron chi connectivity index (χ4n) is 3.07. The van der Waals surface area contributed by atoms with Gasteiger partial charge in [0.15, 0.2) is 0 Å². The monoisotopic (exact) mass is 409 g/mol. The van der Waals surface area contributed by atoms with Crippen molar-refractivity contribution in [3.63, 3.8) is 0 Å². The number of hydrogen-bond donors (Lipinski definition) is 0. The van der Waals surface area contributed by atoms with Crippen LogP contribution in [0.5, 0.6) is 0 Å². The van der Waals surface area contributed by atoms with E-state index in [9.17, 15) is 28.1 Å². The molecule has 0 aliphatic carbocycles. The van der Waals surface area contributed by atoms with E-state index in [0.717, 1.165) is 12.3 Å². The molecule has 3 rings (SSSR count). The highest BCUT2D eigenvalue weighted by Gasteiger charge is 2.31. The maximum Gasteiger partial charge on any atom is 0.417 e. The molecule has 2 aromatic rings. The zero-order valence-corrected chi connectivity index (χ0v) is 15.3. The van der Waals surface area contributed by atoms with E-state index in [0.29, 0.717) is 37.3 Å². The number of non-ortho nitro benzene ring substituents is 1. The van der Waals surface area contributed by atoms with Crippen LogP contribution < -0.4 is 4.90 Å². The number of aromatic nitrogens is 1. The fourth-order valence-corrected chi connectivity index (χ4v) is 3.07. The Hall–Kier alpha value is -3.17. The number of halogens is 3. The Labute approximate surface area is 164 Å². The Bertz CT molecular complexity index is 862. The highest BCUT2D eigenvalue weighted by atomic mass is 19.4. The van der Waals surface area contributed by atoms with E-state index in [-0.39, 0.29) is 24.2 Å². The molecule has 0 spiro atoms. The van der Waals surface area contributed by atoms with Crippen molar-refractivity contribution in [1.29, 1.82) is 0 Å². The number of alkyl halides is 3. The van der Waals surface area contributed by atoms with Gasteiger partial charge >= 0.3 is 12.1 Å². The number of carbonyl (C=O) groups is 1. The summed E-state index contributed by atoms with van der Waals surface area (Å²) in [4.78, 5) is 28.1. The van der Waals surface area contributed by atoms with Crippen LogP contribution in [0, 0.1) is 16.0 Å². The van der Waals surface area contributed by atoms with E-state index >= 15 is 0 Å². The van der Waals surface area contributed by atoms with Crippen LogP contribution in [0.1, 0.15) is 24.0 Å². The predicted molar refractivity (Wildman–Crippen MR) is 97.1 cm³/mol. The number of carbonyl (C=O) groups excluding carboxylic acids is 1. The third kappa shape index (κ3) is 5.21. The first-order chi connectivity index (χ1) is 13.7. The number of rotatable bonds is 5. The quantitative estimate of drug-likeness (QED) is 0.422. The van der Waals surface area contributed by atoms with Gasteiger partial charge in [0.05, 0.1) is 16.4 Å². The van der Waals surface area contributed by atoms with E-state index in [2.05, 4.69) is 4.98 Å². The van der Waals surface area contributed by atoms with Gasteiger partial charge < -0.3 is 9.64 Å². The molecule has 1 saturated heterocycles. The summed E-state index contributed by atoms with van der Waals surface area (Å²) in [7, 11) is 0. The third-order valence-corrected chi connectivity index (χ3v) is 4.76. The van der Waals surface area contributed by atoms with Crippen molar-refractivity contribution < 1.29 is 27.6 Å². The lowest BCUT2D eigenvalue weighted by Gasteiger charge is -2.31. The van der Waals surface area contributed by atoms with Crippen molar-refractivity contribution in [3.05, 3.63) is 63.8 Å². The van der Waals surface area contributed by atoms with Gasteiger partial charge in [0.1, 0.15) is 12.4 Å². The molecule has 29 heavy (non-hydrogen) atoms. The summed E-state index contributed by atoms with van der Waals surface area (Å²) >= 11 is 0. The molecule has 1 aliphatic heterocycles. The summed E-state index contributed by atoms with van der Waals surface area (Å²) < 4.78 is 43.1. The molecular formula is C19H18F3N3O4. The average molecular weight is 409 g/mol. The number of piperidine rings is 1. The summed E-state index contributed by atoms with van der Waals surface area (Å²) in [5.74, 6) is -0.224. The van der Waals surface area contributed by atoms with Crippen molar-refractivity contribution >= 4 is 17.5 Å². The van der Waals surface area contributed by atoms with E-state index in [1.165, 1.54) is 30.3 Å². The van der Waals surface area contributed by atoms with Gasteiger partial charge in [0.25, 0.3) is 5.69 Å². The molecule has 0 radical (unpaired) electrons. The second-order valence-corrected chi connectivity index (χ2v) is 6.70. The minimum absolute atomic E-state index is 0.0253. The Morgan fingerprint density at radius 2 is 1.83 bits per heavy atom. The minimum Gasteiger partial charge on any atom is -0.461 e. The van der Waals surface area contributed by atoms with Gasteiger partial charge in [-0.2, -0.15) is 13.2 Å². The standard InChI is InChI=1S/C19H18F3N3O4/c20-19(21,22)15-3-6-17(23-11-15)24-9-7-14(8-10-24)18(26)29-12-13-1-4-16(5-2-13)25(27)28/h1-6,11,14H,7-10,12H2. The number of nitrogens with zero attached hydrogens (tertiary/aromatic N) is 3. The van der Waals surface area contributed by atoms with Crippen molar-refractivity contribution in [2.45, 2.75) is 25.6 Å². The normalized spacial score (nSPS) is 15.2. The molecule has 1 aliphatic rings. The molecule has 0 bridgehead atoms. The number of anilines is 1. The van der Waals surface area contributed by atoms with Crippen LogP contribution in [-0.4, -0.2) is 29.0 Å². The van der Waals surface area contributed by atoms with Gasteiger partial charge in [-0.15, -0.1) is 0 Å². The van der Waals surface area contributed by atoms with E-state index in [1.807, 2.05) is 4.90 Å². The van der Waals surface area contributed by atoms with Gasteiger partial charge in [0.2, 0.25) is 0 Å². The first kappa shape index (κ1) is 20.6. The third-order valence-electron chi connectivity index (χ3n) is 4.76. The zero-order chi connectivity index (χ0) is 21.0. The van der Waals surface area contributed by atoms with Crippen LogP contribution in [0.3, 0.4) is 0 Å². The number of hydrogen-bond acceptors (Lipinski definition) is 6. The van der Waals surface area contributed by atoms with Crippen LogP contribution in [-0.2, 0) is 22.3 Å². The highest BCUT2D eigenvalue weighted by Crippen LogP contribution is 2.30. The molecular weight excluding hydrogens is 391 g/mol. The molecule has 1 fully saturated rings. The minimum atomic E-state index is -4.42. The van der Waals surface area contributed by atoms with Crippen LogP contribution in [0.15, 0.2) is 42.6 Å². The molecule has 0 unspecified atom stereocenters. The number of esters is 1. The largest absolute Gasteiger partial charge is 0.461 e. The smallest absolute Gasteiger partial charge is 0.417 e. The second kappa shape index (κ2) is 8.46. The first-order valence-electron chi connectivity index (χ1n) is 8.92. The molecule has 2 heterocycles. The van der Waals surface area contributed by atoms with Crippen LogP contribution in [0.25, 0.3) is 0 Å². The van der Waals surface area contributed by atoms with Gasteiger partial charge in [-0.25, -0.2) is 4.98 Å². The fraction of sp³-hybridized carbons (Fsp3) is 0.368. The summed E-state index contributed by atoms with van der Waals surface area (Å²) in [6.07, 6.45) is -2.62. The van der Waals surface area contributed by atoms with E-state index < -0.39 is 16.7 Å². The lowest BCUT2D eigenvalue weighted by molar-refractivity contribution is -0.384. The van der Waals surface area contributed by atoms with Gasteiger partial charge in [-0.3, -0.25) is 14.9 Å². The van der Waals surface area contributed by atoms with Crippen molar-refractivity contribution in [2.75, 3.05) is 18.0 Å². The lowest BCUT2D eigenvalue weighted by Crippen LogP contribution is -2.37. The molecule has 1 aromatic carbocycles. The van der Waals surface area contributed by atoms with Crippen LogP contribution in [0.2, 0.25) is 0 Å². The molecule has 1 aromatic heterocycles. The Morgan fingerprint density at radius 1 is 1.17 bits per heavy atom. The first-order valence-corrected chi connectivity index (χ1v) is 8.92. The number of benzene rings is 1. The number of nitro benzene ring substituents is 1. The Kier molecular flexibility index (Phi) is 6.00. The predicted octanol–water partition coefficient (Wildman–Crippen LogP) is 3.97. The van der Waals surface area contributed by atoms with Crippen molar-refractivity contribution in [2.24, 2.45) is 5.92 Å². The second-order valence-electron chi connectivity index (χ2n) is 6.70. The molecule has 10 heteroatoms.